The van der Waals surface area contributed by atoms with Crippen LogP contribution in [0.25, 0.3) is 0 Å². The fraction of sp³-hybridized carbons (Fsp3) is 0.125. The van der Waals surface area contributed by atoms with Crippen molar-refractivity contribution >= 4 is 34.3 Å². The summed E-state index contributed by atoms with van der Waals surface area (Å²) in [4.78, 5) is 5.57. The van der Waals surface area contributed by atoms with Crippen LogP contribution in [0.2, 0.25) is 0 Å². The molecule has 0 bridgehead atoms. The highest BCUT2D eigenvalue weighted by molar-refractivity contribution is 7.80. The van der Waals surface area contributed by atoms with Gasteiger partial charge in [0.25, 0.3) is 0 Å². The molecule has 1 aliphatic heterocycles. The minimum atomic E-state index is 0.674. The number of thiocarbonyl (C=S) groups is 1. The molecule has 1 aliphatic rings. The Hall–Kier alpha value is -2.00. The zero-order valence-corrected chi connectivity index (χ0v) is 11.5. The van der Waals surface area contributed by atoms with Gasteiger partial charge in [0.05, 0.1) is 22.1 Å². The monoisotopic (exact) mass is 266 g/mol. The number of aliphatic imine (C=N–C) groups is 1. The lowest BCUT2D eigenvalue weighted by Crippen LogP contribution is -2.12. The van der Waals surface area contributed by atoms with Crippen molar-refractivity contribution in [3.05, 3.63) is 59.7 Å². The van der Waals surface area contributed by atoms with E-state index in [1.807, 2.05) is 24.3 Å². The summed E-state index contributed by atoms with van der Waals surface area (Å²) in [6.07, 6.45) is 0.674. The Morgan fingerprint density at radius 2 is 1.79 bits per heavy atom. The molecule has 0 amide bonds. The van der Waals surface area contributed by atoms with Gasteiger partial charge in [-0.05, 0) is 24.6 Å². The molecule has 1 heterocycles. The Balaban J connectivity index is 2.08. The summed E-state index contributed by atoms with van der Waals surface area (Å²) >= 11 is 5.38. The van der Waals surface area contributed by atoms with Crippen LogP contribution in [0.5, 0.6) is 0 Å². The molecule has 0 radical (unpaired) electrons. The third kappa shape index (κ3) is 2.56. The average Bonchev–Trinajstić information content (AvgIpc) is 2.57. The highest BCUT2D eigenvalue weighted by atomic mass is 32.1. The number of nitrogens with one attached hydrogen (secondary N) is 1. The predicted molar refractivity (Wildman–Crippen MR) is 84.7 cm³/mol. The molecule has 0 fully saturated rings. The quantitative estimate of drug-likeness (QED) is 0.780. The number of hydrogen-bond donors (Lipinski definition) is 1. The second-order valence-electron chi connectivity index (χ2n) is 4.67. The number of hydrogen-bond acceptors (Lipinski definition) is 2. The van der Waals surface area contributed by atoms with E-state index >= 15 is 0 Å². The SMILES string of the molecule is Cc1ccc(C2=Nc3ccccc3NC(=S)C2)cc1. The van der Waals surface area contributed by atoms with E-state index in [0.29, 0.717) is 6.42 Å². The maximum atomic E-state index is 5.38. The maximum Gasteiger partial charge on any atom is 0.0868 e. The highest BCUT2D eigenvalue weighted by Gasteiger charge is 2.14. The van der Waals surface area contributed by atoms with Gasteiger partial charge in [-0.15, -0.1) is 0 Å². The molecule has 0 saturated heterocycles. The van der Waals surface area contributed by atoms with Gasteiger partial charge in [-0.1, -0.05) is 54.2 Å². The summed E-state index contributed by atoms with van der Waals surface area (Å²) in [7, 11) is 0. The van der Waals surface area contributed by atoms with Crippen LogP contribution in [0.4, 0.5) is 11.4 Å². The molecule has 0 spiro atoms. The molecule has 0 saturated carbocycles. The first kappa shape index (κ1) is 12.1. The van der Waals surface area contributed by atoms with Crippen molar-refractivity contribution in [2.24, 2.45) is 4.99 Å². The summed E-state index contributed by atoms with van der Waals surface area (Å²) in [6, 6.07) is 16.4. The van der Waals surface area contributed by atoms with Gasteiger partial charge in [-0.3, -0.25) is 4.99 Å². The minimum absolute atomic E-state index is 0.674. The first-order valence-corrected chi connectivity index (χ1v) is 6.67. The van der Waals surface area contributed by atoms with Crippen LogP contribution in [0.1, 0.15) is 17.5 Å². The Morgan fingerprint density at radius 1 is 1.05 bits per heavy atom. The summed E-state index contributed by atoms with van der Waals surface area (Å²) in [5.74, 6) is 0. The van der Waals surface area contributed by atoms with Crippen molar-refractivity contribution in [3.8, 4) is 0 Å². The molecule has 2 aromatic carbocycles. The van der Waals surface area contributed by atoms with E-state index in [2.05, 4.69) is 36.5 Å². The molecule has 0 atom stereocenters. The Labute approximate surface area is 118 Å². The zero-order chi connectivity index (χ0) is 13.2. The lowest BCUT2D eigenvalue weighted by Gasteiger charge is -2.05. The maximum absolute atomic E-state index is 5.38. The largest absolute Gasteiger partial charge is 0.348 e. The number of anilines is 1. The molecule has 3 heteroatoms. The van der Waals surface area contributed by atoms with E-state index in [1.165, 1.54) is 5.56 Å². The molecule has 0 unspecified atom stereocenters. The summed E-state index contributed by atoms with van der Waals surface area (Å²) in [6.45, 7) is 2.08. The van der Waals surface area contributed by atoms with Gasteiger partial charge in [0.1, 0.15) is 0 Å². The second-order valence-corrected chi connectivity index (χ2v) is 5.16. The first-order valence-electron chi connectivity index (χ1n) is 6.26. The molecule has 0 aliphatic carbocycles. The molecule has 2 aromatic rings. The topological polar surface area (TPSA) is 24.4 Å². The van der Waals surface area contributed by atoms with Gasteiger partial charge >= 0.3 is 0 Å². The van der Waals surface area contributed by atoms with Gasteiger partial charge in [0.15, 0.2) is 0 Å². The highest BCUT2D eigenvalue weighted by Crippen LogP contribution is 2.28. The van der Waals surface area contributed by atoms with Crippen molar-refractivity contribution in [1.82, 2.24) is 0 Å². The Kier molecular flexibility index (Phi) is 3.13. The smallest absolute Gasteiger partial charge is 0.0868 e. The molecule has 2 nitrogen and oxygen atoms in total. The van der Waals surface area contributed by atoms with E-state index in [1.54, 1.807) is 0 Å². The van der Waals surface area contributed by atoms with E-state index in [9.17, 15) is 0 Å². The lowest BCUT2D eigenvalue weighted by molar-refractivity contribution is 1.42. The molecule has 0 aromatic heterocycles. The predicted octanol–water partition coefficient (Wildman–Crippen LogP) is 4.26. The number of fused-ring (bicyclic) bond motifs is 1. The van der Waals surface area contributed by atoms with Crippen molar-refractivity contribution < 1.29 is 0 Å². The molecular formula is C16H14N2S. The van der Waals surface area contributed by atoms with Crippen LogP contribution in [0.15, 0.2) is 53.5 Å². The van der Waals surface area contributed by atoms with Gasteiger partial charge in [0, 0.05) is 6.42 Å². The standard InChI is InChI=1S/C16H14N2S/c1-11-6-8-12(9-7-11)15-10-16(19)18-14-5-3-2-4-13(14)17-15/h2-9H,10H2,1H3,(H,18,19). The van der Waals surface area contributed by atoms with Gasteiger partial charge < -0.3 is 5.32 Å². The van der Waals surface area contributed by atoms with Crippen LogP contribution in [-0.4, -0.2) is 10.7 Å². The van der Waals surface area contributed by atoms with Crippen LogP contribution >= 0.6 is 12.2 Å². The summed E-state index contributed by atoms with van der Waals surface area (Å²) < 4.78 is 0. The normalized spacial score (nSPS) is 14.2. The average molecular weight is 266 g/mol. The molecule has 94 valence electrons. The van der Waals surface area contributed by atoms with Crippen LogP contribution < -0.4 is 5.32 Å². The first-order chi connectivity index (χ1) is 9.22. The van der Waals surface area contributed by atoms with Crippen molar-refractivity contribution in [2.45, 2.75) is 13.3 Å². The molecular weight excluding hydrogens is 252 g/mol. The number of para-hydroxylation sites is 2. The van der Waals surface area contributed by atoms with Gasteiger partial charge in [-0.25, -0.2) is 0 Å². The summed E-state index contributed by atoms with van der Waals surface area (Å²) in [5.41, 5.74) is 5.32. The van der Waals surface area contributed by atoms with Gasteiger partial charge in [-0.2, -0.15) is 0 Å². The molecule has 1 N–H and O–H groups in total. The summed E-state index contributed by atoms with van der Waals surface area (Å²) in [5, 5.41) is 3.25. The fourth-order valence-corrected chi connectivity index (χ4v) is 2.37. The fourth-order valence-electron chi connectivity index (χ4n) is 2.12. The van der Waals surface area contributed by atoms with E-state index in [-0.39, 0.29) is 0 Å². The van der Waals surface area contributed by atoms with Crippen molar-refractivity contribution in [3.63, 3.8) is 0 Å². The minimum Gasteiger partial charge on any atom is -0.348 e. The number of benzene rings is 2. The van der Waals surface area contributed by atoms with E-state index in [4.69, 9.17) is 17.2 Å². The van der Waals surface area contributed by atoms with E-state index < -0.39 is 0 Å². The number of rotatable bonds is 1. The van der Waals surface area contributed by atoms with Gasteiger partial charge in [0.2, 0.25) is 0 Å². The van der Waals surface area contributed by atoms with Crippen molar-refractivity contribution in [1.29, 1.82) is 0 Å². The Morgan fingerprint density at radius 3 is 2.58 bits per heavy atom. The molecule has 19 heavy (non-hydrogen) atoms. The number of nitrogens with zero attached hydrogens (tertiary/aromatic N) is 1. The zero-order valence-electron chi connectivity index (χ0n) is 10.7. The van der Waals surface area contributed by atoms with Crippen LogP contribution in [0, 0.1) is 6.92 Å². The van der Waals surface area contributed by atoms with Crippen LogP contribution in [-0.2, 0) is 0 Å². The second kappa shape index (κ2) is 4.94. The number of aryl methyl sites for hydroxylation is 1. The van der Waals surface area contributed by atoms with Crippen LogP contribution in [0.3, 0.4) is 0 Å². The third-order valence-electron chi connectivity index (χ3n) is 3.15. The third-order valence-corrected chi connectivity index (χ3v) is 3.39. The van der Waals surface area contributed by atoms with Crippen molar-refractivity contribution in [2.75, 3.05) is 5.32 Å². The van der Waals surface area contributed by atoms with E-state index in [0.717, 1.165) is 27.6 Å². The Bertz CT molecular complexity index is 657. The lowest BCUT2D eigenvalue weighted by atomic mass is 10.1. The molecule has 3 rings (SSSR count).